The Morgan fingerprint density at radius 3 is 2.75 bits per heavy atom. The van der Waals surface area contributed by atoms with Gasteiger partial charge in [0.25, 0.3) is 5.91 Å². The van der Waals surface area contributed by atoms with Crippen molar-refractivity contribution in [3.05, 3.63) is 29.3 Å². The number of hydrogen-bond acceptors (Lipinski definition) is 3. The van der Waals surface area contributed by atoms with E-state index in [-0.39, 0.29) is 12.5 Å². The molecule has 0 aliphatic rings. The van der Waals surface area contributed by atoms with Crippen LogP contribution in [-0.2, 0) is 11.3 Å². The van der Waals surface area contributed by atoms with E-state index in [2.05, 4.69) is 24.5 Å². The van der Waals surface area contributed by atoms with Crippen LogP contribution in [0, 0.1) is 6.92 Å². The van der Waals surface area contributed by atoms with E-state index >= 15 is 0 Å². The topological polar surface area (TPSA) is 50.4 Å². The van der Waals surface area contributed by atoms with E-state index in [0.717, 1.165) is 29.8 Å². The Labute approximate surface area is 121 Å². The van der Waals surface area contributed by atoms with Crippen molar-refractivity contribution in [2.75, 3.05) is 13.2 Å². The van der Waals surface area contributed by atoms with E-state index in [1.807, 2.05) is 32.0 Å². The van der Waals surface area contributed by atoms with Gasteiger partial charge in [0.1, 0.15) is 5.75 Å². The molecule has 112 valence electrons. The predicted octanol–water partition coefficient (Wildman–Crippen LogP) is 2.40. The minimum absolute atomic E-state index is 0.0690. The van der Waals surface area contributed by atoms with Crippen LogP contribution in [0.3, 0.4) is 0 Å². The molecule has 1 rings (SSSR count). The number of nitrogens with one attached hydrogen (secondary N) is 2. The molecule has 1 aromatic rings. The van der Waals surface area contributed by atoms with Crippen molar-refractivity contribution in [2.24, 2.45) is 0 Å². The van der Waals surface area contributed by atoms with Crippen LogP contribution in [0.2, 0.25) is 0 Å². The number of rotatable bonds is 8. The van der Waals surface area contributed by atoms with Gasteiger partial charge in [0.2, 0.25) is 0 Å². The SMILES string of the molecule is CCCNC(=O)COc1c(C)cccc1CNC(C)C. The summed E-state index contributed by atoms with van der Waals surface area (Å²) in [4.78, 5) is 11.6. The van der Waals surface area contributed by atoms with Gasteiger partial charge < -0.3 is 15.4 Å². The highest BCUT2D eigenvalue weighted by Gasteiger charge is 2.09. The second-order valence-electron chi connectivity index (χ2n) is 5.24. The molecule has 0 radical (unpaired) electrons. The zero-order valence-corrected chi connectivity index (χ0v) is 13.0. The number of benzene rings is 1. The van der Waals surface area contributed by atoms with Crippen molar-refractivity contribution < 1.29 is 9.53 Å². The molecule has 0 heterocycles. The standard InChI is InChI=1S/C16H26N2O2/c1-5-9-17-15(19)11-20-16-13(4)7-6-8-14(16)10-18-12(2)3/h6-8,12,18H,5,9-11H2,1-4H3,(H,17,19). The van der Waals surface area contributed by atoms with Gasteiger partial charge in [-0.25, -0.2) is 0 Å². The first-order valence-electron chi connectivity index (χ1n) is 7.26. The molecule has 20 heavy (non-hydrogen) atoms. The Balaban J connectivity index is 2.65. The number of carbonyl (C=O) groups excluding carboxylic acids is 1. The van der Waals surface area contributed by atoms with Gasteiger partial charge in [-0.1, -0.05) is 39.0 Å². The maximum atomic E-state index is 11.6. The molecular weight excluding hydrogens is 252 g/mol. The number of ether oxygens (including phenoxy) is 1. The van der Waals surface area contributed by atoms with Gasteiger partial charge in [0.05, 0.1) is 0 Å². The molecule has 0 bridgehead atoms. The molecule has 0 aliphatic heterocycles. The number of hydrogen-bond donors (Lipinski definition) is 2. The van der Waals surface area contributed by atoms with Crippen LogP contribution in [0.25, 0.3) is 0 Å². The van der Waals surface area contributed by atoms with Gasteiger partial charge in [0.15, 0.2) is 6.61 Å². The lowest BCUT2D eigenvalue weighted by Crippen LogP contribution is -2.30. The first-order valence-corrected chi connectivity index (χ1v) is 7.26. The molecular formula is C16H26N2O2. The van der Waals surface area contributed by atoms with Crippen molar-refractivity contribution in [3.63, 3.8) is 0 Å². The van der Waals surface area contributed by atoms with Crippen LogP contribution in [0.4, 0.5) is 0 Å². The minimum atomic E-state index is -0.0714. The smallest absolute Gasteiger partial charge is 0.257 e. The number of amides is 1. The summed E-state index contributed by atoms with van der Waals surface area (Å²) in [7, 11) is 0. The van der Waals surface area contributed by atoms with Gasteiger partial charge in [-0.2, -0.15) is 0 Å². The normalized spacial score (nSPS) is 10.7. The maximum Gasteiger partial charge on any atom is 0.257 e. The average Bonchev–Trinajstić information content (AvgIpc) is 2.41. The molecule has 4 nitrogen and oxygen atoms in total. The highest BCUT2D eigenvalue weighted by atomic mass is 16.5. The van der Waals surface area contributed by atoms with Crippen molar-refractivity contribution >= 4 is 5.91 Å². The van der Waals surface area contributed by atoms with Gasteiger partial charge in [-0.05, 0) is 18.9 Å². The summed E-state index contributed by atoms with van der Waals surface area (Å²) >= 11 is 0. The van der Waals surface area contributed by atoms with Crippen molar-refractivity contribution in [3.8, 4) is 5.75 Å². The summed E-state index contributed by atoms with van der Waals surface area (Å²) in [6, 6.07) is 6.45. The van der Waals surface area contributed by atoms with Gasteiger partial charge in [-0.3, -0.25) is 4.79 Å². The summed E-state index contributed by atoms with van der Waals surface area (Å²) in [5, 5.41) is 6.18. The molecule has 0 unspecified atom stereocenters. The maximum absolute atomic E-state index is 11.6. The Morgan fingerprint density at radius 1 is 1.35 bits per heavy atom. The van der Waals surface area contributed by atoms with Crippen molar-refractivity contribution in [1.82, 2.24) is 10.6 Å². The zero-order chi connectivity index (χ0) is 15.0. The molecule has 1 amide bonds. The molecule has 0 aromatic heterocycles. The lowest BCUT2D eigenvalue weighted by molar-refractivity contribution is -0.123. The Bertz CT molecular complexity index is 430. The minimum Gasteiger partial charge on any atom is -0.483 e. The summed E-state index contributed by atoms with van der Waals surface area (Å²) < 4.78 is 5.71. The van der Waals surface area contributed by atoms with Gasteiger partial charge in [0, 0.05) is 24.7 Å². The van der Waals surface area contributed by atoms with E-state index in [1.165, 1.54) is 0 Å². The molecule has 1 aromatic carbocycles. The molecule has 0 fully saturated rings. The molecule has 0 spiro atoms. The number of aryl methyl sites for hydroxylation is 1. The molecule has 0 saturated heterocycles. The van der Waals surface area contributed by atoms with E-state index in [4.69, 9.17) is 4.74 Å². The predicted molar refractivity (Wildman–Crippen MR) is 82.0 cm³/mol. The average molecular weight is 278 g/mol. The first-order chi connectivity index (χ1) is 9.54. The van der Waals surface area contributed by atoms with Crippen LogP contribution in [-0.4, -0.2) is 25.1 Å². The van der Waals surface area contributed by atoms with Crippen LogP contribution in [0.15, 0.2) is 18.2 Å². The first kappa shape index (κ1) is 16.5. The van der Waals surface area contributed by atoms with Crippen LogP contribution in [0.5, 0.6) is 5.75 Å². The molecule has 4 heteroatoms. The van der Waals surface area contributed by atoms with Gasteiger partial charge >= 0.3 is 0 Å². The Hall–Kier alpha value is -1.55. The summed E-state index contributed by atoms with van der Waals surface area (Å²) in [6.45, 7) is 9.74. The van der Waals surface area contributed by atoms with Crippen molar-refractivity contribution in [2.45, 2.75) is 46.7 Å². The summed E-state index contributed by atoms with van der Waals surface area (Å²) in [5.74, 6) is 0.741. The molecule has 2 N–H and O–H groups in total. The van der Waals surface area contributed by atoms with Crippen molar-refractivity contribution in [1.29, 1.82) is 0 Å². The number of carbonyl (C=O) groups is 1. The van der Waals surface area contributed by atoms with E-state index in [0.29, 0.717) is 12.6 Å². The second kappa shape index (κ2) is 8.59. The largest absolute Gasteiger partial charge is 0.483 e. The highest BCUT2D eigenvalue weighted by molar-refractivity contribution is 5.77. The van der Waals surface area contributed by atoms with E-state index in [9.17, 15) is 4.79 Å². The third-order valence-corrected chi connectivity index (χ3v) is 2.91. The monoisotopic (exact) mass is 278 g/mol. The lowest BCUT2D eigenvalue weighted by Gasteiger charge is -2.15. The van der Waals surface area contributed by atoms with Crippen LogP contribution in [0.1, 0.15) is 38.3 Å². The second-order valence-corrected chi connectivity index (χ2v) is 5.24. The van der Waals surface area contributed by atoms with Crippen LogP contribution >= 0.6 is 0 Å². The van der Waals surface area contributed by atoms with Gasteiger partial charge in [-0.15, -0.1) is 0 Å². The third-order valence-electron chi connectivity index (χ3n) is 2.91. The highest BCUT2D eigenvalue weighted by Crippen LogP contribution is 2.23. The van der Waals surface area contributed by atoms with E-state index < -0.39 is 0 Å². The van der Waals surface area contributed by atoms with Crippen LogP contribution < -0.4 is 15.4 Å². The lowest BCUT2D eigenvalue weighted by atomic mass is 10.1. The van der Waals surface area contributed by atoms with E-state index in [1.54, 1.807) is 0 Å². The third kappa shape index (κ3) is 5.61. The zero-order valence-electron chi connectivity index (χ0n) is 13.0. The number of para-hydroxylation sites is 1. The quantitative estimate of drug-likeness (QED) is 0.767. The molecule has 0 atom stereocenters. The fraction of sp³-hybridized carbons (Fsp3) is 0.562. The molecule has 0 aliphatic carbocycles. The fourth-order valence-electron chi connectivity index (χ4n) is 1.83. The summed E-state index contributed by atoms with van der Waals surface area (Å²) in [6.07, 6.45) is 0.930. The molecule has 0 saturated carbocycles. The summed E-state index contributed by atoms with van der Waals surface area (Å²) in [5.41, 5.74) is 2.14. The fourth-order valence-corrected chi connectivity index (χ4v) is 1.83. The Morgan fingerprint density at radius 2 is 2.10 bits per heavy atom. The Kier molecular flexibility index (Phi) is 7.09.